The Hall–Kier alpha value is -1.56. The van der Waals surface area contributed by atoms with E-state index in [0.29, 0.717) is 18.5 Å². The number of aromatic nitrogens is 1. The highest BCUT2D eigenvalue weighted by molar-refractivity contribution is 5.87. The highest BCUT2D eigenvalue weighted by atomic mass is 16.5. The summed E-state index contributed by atoms with van der Waals surface area (Å²) in [4.78, 5) is 17.4. The van der Waals surface area contributed by atoms with Gasteiger partial charge in [-0.25, -0.2) is 4.79 Å². The third-order valence-corrected chi connectivity index (χ3v) is 2.96. The third-order valence-electron chi connectivity index (χ3n) is 2.96. The van der Waals surface area contributed by atoms with Crippen molar-refractivity contribution in [2.24, 2.45) is 11.7 Å². The van der Waals surface area contributed by atoms with Crippen molar-refractivity contribution in [3.8, 4) is 0 Å². The van der Waals surface area contributed by atoms with Gasteiger partial charge in [0.25, 0.3) is 6.01 Å². The number of carbonyl (C=O) groups is 1. The van der Waals surface area contributed by atoms with Crippen LogP contribution in [0, 0.1) is 5.92 Å². The van der Waals surface area contributed by atoms with Crippen molar-refractivity contribution >= 4 is 12.0 Å². The van der Waals surface area contributed by atoms with Crippen molar-refractivity contribution < 1.29 is 13.9 Å². The SMILES string of the molecule is CCOC(=O)c1coc(N(C)CCC(N)C(C)C)n1. The zero-order valence-electron chi connectivity index (χ0n) is 12.0. The topological polar surface area (TPSA) is 81.6 Å². The van der Waals surface area contributed by atoms with Gasteiger partial charge in [-0.15, -0.1) is 0 Å². The van der Waals surface area contributed by atoms with Crippen LogP contribution < -0.4 is 10.6 Å². The summed E-state index contributed by atoms with van der Waals surface area (Å²) in [6, 6.07) is 0.543. The van der Waals surface area contributed by atoms with Gasteiger partial charge >= 0.3 is 5.97 Å². The van der Waals surface area contributed by atoms with Crippen LogP contribution in [0.1, 0.15) is 37.7 Å². The quantitative estimate of drug-likeness (QED) is 0.758. The molecule has 0 aliphatic carbocycles. The molecule has 0 aliphatic heterocycles. The Labute approximate surface area is 113 Å². The van der Waals surface area contributed by atoms with Crippen molar-refractivity contribution in [1.29, 1.82) is 0 Å². The molecular formula is C13H23N3O3. The molecule has 2 N–H and O–H groups in total. The summed E-state index contributed by atoms with van der Waals surface area (Å²) in [6.07, 6.45) is 2.15. The van der Waals surface area contributed by atoms with Gasteiger partial charge in [-0.2, -0.15) is 4.98 Å². The first-order chi connectivity index (χ1) is 8.95. The predicted molar refractivity (Wildman–Crippen MR) is 73.2 cm³/mol. The van der Waals surface area contributed by atoms with E-state index in [1.807, 2.05) is 11.9 Å². The van der Waals surface area contributed by atoms with Crippen LogP contribution >= 0.6 is 0 Å². The van der Waals surface area contributed by atoms with Crippen LogP contribution in [-0.2, 0) is 4.74 Å². The summed E-state index contributed by atoms with van der Waals surface area (Å²) < 4.78 is 10.1. The minimum absolute atomic E-state index is 0.141. The molecule has 0 saturated carbocycles. The number of anilines is 1. The van der Waals surface area contributed by atoms with Crippen molar-refractivity contribution in [2.75, 3.05) is 25.1 Å². The van der Waals surface area contributed by atoms with Crippen LogP contribution in [-0.4, -0.2) is 37.2 Å². The monoisotopic (exact) mass is 269 g/mol. The van der Waals surface area contributed by atoms with Gasteiger partial charge in [-0.3, -0.25) is 0 Å². The second kappa shape index (κ2) is 7.13. The number of ether oxygens (including phenoxy) is 1. The lowest BCUT2D eigenvalue weighted by Gasteiger charge is -2.19. The van der Waals surface area contributed by atoms with Gasteiger partial charge in [0.1, 0.15) is 6.26 Å². The van der Waals surface area contributed by atoms with Crippen LogP contribution in [0.3, 0.4) is 0 Å². The number of hydrogen-bond acceptors (Lipinski definition) is 6. The average Bonchev–Trinajstić information content (AvgIpc) is 2.85. The van der Waals surface area contributed by atoms with E-state index in [4.69, 9.17) is 14.9 Å². The van der Waals surface area contributed by atoms with E-state index in [2.05, 4.69) is 18.8 Å². The highest BCUT2D eigenvalue weighted by Gasteiger charge is 2.16. The second-order valence-electron chi connectivity index (χ2n) is 4.85. The summed E-state index contributed by atoms with van der Waals surface area (Å²) in [5.41, 5.74) is 6.18. The summed E-state index contributed by atoms with van der Waals surface area (Å²) in [7, 11) is 1.85. The van der Waals surface area contributed by atoms with Gasteiger partial charge in [0, 0.05) is 19.6 Å². The van der Waals surface area contributed by atoms with Crippen LogP contribution in [0.5, 0.6) is 0 Å². The minimum atomic E-state index is -0.468. The Balaban J connectivity index is 2.53. The van der Waals surface area contributed by atoms with E-state index in [9.17, 15) is 4.79 Å². The number of esters is 1. The fourth-order valence-corrected chi connectivity index (χ4v) is 1.51. The fraction of sp³-hybridized carbons (Fsp3) is 0.692. The van der Waals surface area contributed by atoms with Gasteiger partial charge in [-0.1, -0.05) is 13.8 Å². The Kier molecular flexibility index (Phi) is 5.82. The summed E-state index contributed by atoms with van der Waals surface area (Å²) in [5.74, 6) is -0.0298. The molecular weight excluding hydrogens is 246 g/mol. The average molecular weight is 269 g/mol. The van der Waals surface area contributed by atoms with Crippen LogP contribution in [0.25, 0.3) is 0 Å². The number of nitrogens with zero attached hydrogens (tertiary/aromatic N) is 2. The lowest BCUT2D eigenvalue weighted by atomic mass is 10.0. The number of hydrogen-bond donors (Lipinski definition) is 1. The van der Waals surface area contributed by atoms with Gasteiger partial charge < -0.3 is 19.8 Å². The molecule has 1 unspecified atom stereocenters. The lowest BCUT2D eigenvalue weighted by Crippen LogP contribution is -2.31. The molecule has 0 aliphatic rings. The summed E-state index contributed by atoms with van der Waals surface area (Å²) in [6.45, 7) is 6.98. The number of oxazole rings is 1. The van der Waals surface area contributed by atoms with Gasteiger partial charge in [0.15, 0.2) is 5.69 Å². The second-order valence-corrected chi connectivity index (χ2v) is 4.85. The first-order valence-corrected chi connectivity index (χ1v) is 6.55. The van der Waals surface area contributed by atoms with Crippen LogP contribution in [0.2, 0.25) is 0 Å². The maximum Gasteiger partial charge on any atom is 0.360 e. The fourth-order valence-electron chi connectivity index (χ4n) is 1.51. The van der Waals surface area contributed by atoms with Gasteiger partial charge in [-0.05, 0) is 19.3 Å². The molecule has 0 aromatic carbocycles. The molecule has 1 rings (SSSR count). The number of nitrogens with two attached hydrogens (primary N) is 1. The predicted octanol–water partition coefficient (Wildman–Crippen LogP) is 1.66. The van der Waals surface area contributed by atoms with E-state index in [1.165, 1.54) is 6.26 Å². The molecule has 1 aromatic heterocycles. The van der Waals surface area contributed by atoms with Crippen LogP contribution in [0.15, 0.2) is 10.7 Å². The molecule has 0 spiro atoms. The molecule has 19 heavy (non-hydrogen) atoms. The Morgan fingerprint density at radius 1 is 1.58 bits per heavy atom. The zero-order chi connectivity index (χ0) is 14.4. The number of rotatable bonds is 7. The normalized spacial score (nSPS) is 12.5. The highest BCUT2D eigenvalue weighted by Crippen LogP contribution is 2.14. The van der Waals surface area contributed by atoms with Crippen molar-refractivity contribution in [3.05, 3.63) is 12.0 Å². The maximum atomic E-state index is 11.5. The smallest absolute Gasteiger partial charge is 0.360 e. The van der Waals surface area contributed by atoms with E-state index >= 15 is 0 Å². The first-order valence-electron chi connectivity index (χ1n) is 6.55. The third kappa shape index (κ3) is 4.55. The van der Waals surface area contributed by atoms with Crippen LogP contribution in [0.4, 0.5) is 6.01 Å². The Morgan fingerprint density at radius 2 is 2.26 bits per heavy atom. The van der Waals surface area contributed by atoms with E-state index in [-0.39, 0.29) is 11.7 Å². The Morgan fingerprint density at radius 3 is 2.84 bits per heavy atom. The standard InChI is InChI=1S/C13H23N3O3/c1-5-18-12(17)11-8-19-13(15-11)16(4)7-6-10(14)9(2)3/h8-10H,5-7,14H2,1-4H3. The first kappa shape index (κ1) is 15.5. The molecule has 1 aromatic rings. The molecule has 6 nitrogen and oxygen atoms in total. The molecule has 0 amide bonds. The van der Waals surface area contributed by atoms with E-state index in [1.54, 1.807) is 6.92 Å². The van der Waals surface area contributed by atoms with Crippen molar-refractivity contribution in [1.82, 2.24) is 4.98 Å². The summed E-state index contributed by atoms with van der Waals surface area (Å²) >= 11 is 0. The minimum Gasteiger partial charge on any atom is -0.461 e. The van der Waals surface area contributed by atoms with Crippen molar-refractivity contribution in [3.63, 3.8) is 0 Å². The Bertz CT molecular complexity index is 404. The van der Waals surface area contributed by atoms with E-state index in [0.717, 1.165) is 13.0 Å². The molecule has 0 fully saturated rings. The molecule has 108 valence electrons. The molecule has 1 heterocycles. The molecule has 0 radical (unpaired) electrons. The molecule has 1 atom stereocenters. The maximum absolute atomic E-state index is 11.5. The molecule has 0 bridgehead atoms. The largest absolute Gasteiger partial charge is 0.461 e. The van der Waals surface area contributed by atoms with E-state index < -0.39 is 5.97 Å². The van der Waals surface area contributed by atoms with Gasteiger partial charge in [0.2, 0.25) is 0 Å². The molecule has 6 heteroatoms. The summed E-state index contributed by atoms with van der Waals surface area (Å²) in [5, 5.41) is 0. The number of carbonyl (C=O) groups excluding carboxylic acids is 1. The lowest BCUT2D eigenvalue weighted by molar-refractivity contribution is 0.0519. The molecule has 0 saturated heterocycles. The van der Waals surface area contributed by atoms with Gasteiger partial charge in [0.05, 0.1) is 6.61 Å². The zero-order valence-corrected chi connectivity index (χ0v) is 12.0. The van der Waals surface area contributed by atoms with Crippen molar-refractivity contribution in [2.45, 2.75) is 33.2 Å².